The van der Waals surface area contributed by atoms with Gasteiger partial charge in [-0.25, -0.2) is 4.79 Å². The van der Waals surface area contributed by atoms with Crippen LogP contribution >= 0.6 is 0 Å². The van der Waals surface area contributed by atoms with E-state index in [1.807, 2.05) is 6.08 Å². The molecule has 0 aliphatic carbocycles. The molecule has 0 N–H and O–H groups in total. The van der Waals surface area contributed by atoms with Crippen LogP contribution in [-0.2, 0) is 4.74 Å². The topological polar surface area (TPSA) is 29.5 Å². The highest BCUT2D eigenvalue weighted by atomic mass is 16.6. The highest BCUT2D eigenvalue weighted by Crippen LogP contribution is 2.05. The summed E-state index contributed by atoms with van der Waals surface area (Å²) in [6.45, 7) is 5.78. The summed E-state index contributed by atoms with van der Waals surface area (Å²) in [4.78, 5) is 12.7. The van der Waals surface area contributed by atoms with Crippen molar-refractivity contribution in [1.82, 2.24) is 4.90 Å². The SMILES string of the molecule is C=CCCCCN1CCOC1=O. The second-order valence-corrected chi connectivity index (χ2v) is 2.89. The van der Waals surface area contributed by atoms with E-state index in [4.69, 9.17) is 4.74 Å². The van der Waals surface area contributed by atoms with Crippen molar-refractivity contribution >= 4 is 6.09 Å². The van der Waals surface area contributed by atoms with Crippen molar-refractivity contribution in [3.05, 3.63) is 12.7 Å². The van der Waals surface area contributed by atoms with E-state index in [1.54, 1.807) is 4.90 Å². The molecule has 0 radical (unpaired) electrons. The fourth-order valence-electron chi connectivity index (χ4n) is 1.22. The van der Waals surface area contributed by atoms with E-state index in [0.717, 1.165) is 32.4 Å². The third kappa shape index (κ3) is 2.57. The van der Waals surface area contributed by atoms with Crippen LogP contribution in [0.1, 0.15) is 19.3 Å². The normalized spacial score (nSPS) is 16.3. The smallest absolute Gasteiger partial charge is 0.409 e. The highest BCUT2D eigenvalue weighted by molar-refractivity contribution is 5.69. The minimum atomic E-state index is -0.159. The molecule has 3 nitrogen and oxygen atoms in total. The molecule has 0 aromatic carbocycles. The zero-order valence-corrected chi connectivity index (χ0v) is 7.29. The predicted molar refractivity (Wildman–Crippen MR) is 47.0 cm³/mol. The Morgan fingerprint density at radius 2 is 2.42 bits per heavy atom. The van der Waals surface area contributed by atoms with Crippen LogP contribution in [0, 0.1) is 0 Å². The molecule has 1 fully saturated rings. The van der Waals surface area contributed by atoms with E-state index in [2.05, 4.69) is 6.58 Å². The van der Waals surface area contributed by atoms with E-state index < -0.39 is 0 Å². The van der Waals surface area contributed by atoms with Crippen molar-refractivity contribution in [2.24, 2.45) is 0 Å². The Kier molecular flexibility index (Phi) is 3.64. The van der Waals surface area contributed by atoms with Crippen molar-refractivity contribution < 1.29 is 9.53 Å². The van der Waals surface area contributed by atoms with Gasteiger partial charge in [0.2, 0.25) is 0 Å². The molecule has 0 unspecified atom stereocenters. The zero-order valence-electron chi connectivity index (χ0n) is 7.29. The lowest BCUT2D eigenvalue weighted by Gasteiger charge is -2.10. The Labute approximate surface area is 73.0 Å². The van der Waals surface area contributed by atoms with Crippen LogP contribution in [0.3, 0.4) is 0 Å². The molecule has 1 heterocycles. The summed E-state index contributed by atoms with van der Waals surface area (Å²) in [6, 6.07) is 0. The fraction of sp³-hybridized carbons (Fsp3) is 0.667. The van der Waals surface area contributed by atoms with Crippen molar-refractivity contribution in [1.29, 1.82) is 0 Å². The lowest BCUT2D eigenvalue weighted by atomic mass is 10.2. The third-order valence-electron chi connectivity index (χ3n) is 1.93. The minimum absolute atomic E-state index is 0.159. The Morgan fingerprint density at radius 1 is 1.58 bits per heavy atom. The molecule has 1 aliphatic heterocycles. The lowest BCUT2D eigenvalue weighted by molar-refractivity contribution is 0.158. The molecule has 0 aromatic heterocycles. The van der Waals surface area contributed by atoms with E-state index in [1.165, 1.54) is 0 Å². The van der Waals surface area contributed by atoms with Crippen LogP contribution in [0.15, 0.2) is 12.7 Å². The number of amides is 1. The molecule has 1 aliphatic rings. The molecule has 0 spiro atoms. The van der Waals surface area contributed by atoms with E-state index in [9.17, 15) is 4.79 Å². The van der Waals surface area contributed by atoms with Crippen LogP contribution in [0.5, 0.6) is 0 Å². The van der Waals surface area contributed by atoms with E-state index in [0.29, 0.717) is 6.61 Å². The molecular weight excluding hydrogens is 154 g/mol. The number of unbranched alkanes of at least 4 members (excludes halogenated alkanes) is 2. The summed E-state index contributed by atoms with van der Waals surface area (Å²) in [5.41, 5.74) is 0. The molecule has 1 amide bonds. The van der Waals surface area contributed by atoms with Crippen molar-refractivity contribution in [2.45, 2.75) is 19.3 Å². The number of nitrogens with zero attached hydrogens (tertiary/aromatic N) is 1. The molecule has 1 rings (SSSR count). The quantitative estimate of drug-likeness (QED) is 0.464. The summed E-state index contributed by atoms with van der Waals surface area (Å²) in [5, 5.41) is 0. The lowest BCUT2D eigenvalue weighted by Crippen LogP contribution is -2.25. The first-order valence-electron chi connectivity index (χ1n) is 4.37. The molecule has 0 atom stereocenters. The van der Waals surface area contributed by atoms with Gasteiger partial charge in [-0.3, -0.25) is 0 Å². The fourth-order valence-corrected chi connectivity index (χ4v) is 1.22. The predicted octanol–water partition coefficient (Wildman–Crippen LogP) is 1.79. The van der Waals surface area contributed by atoms with Gasteiger partial charge < -0.3 is 9.64 Å². The standard InChI is InChI=1S/C9H15NO2/c1-2-3-4-5-6-10-7-8-12-9(10)11/h2H,1,3-8H2. The Morgan fingerprint density at radius 3 is 3.00 bits per heavy atom. The van der Waals surface area contributed by atoms with E-state index in [-0.39, 0.29) is 6.09 Å². The van der Waals surface area contributed by atoms with Gasteiger partial charge in [0, 0.05) is 6.54 Å². The number of carbonyl (C=O) groups excluding carboxylic acids is 1. The number of rotatable bonds is 5. The Hall–Kier alpha value is -0.990. The Bertz CT molecular complexity index is 168. The number of cyclic esters (lactones) is 1. The van der Waals surface area contributed by atoms with Gasteiger partial charge in [-0.15, -0.1) is 6.58 Å². The summed E-state index contributed by atoms with van der Waals surface area (Å²) in [7, 11) is 0. The van der Waals surface area contributed by atoms with Gasteiger partial charge in [-0.05, 0) is 19.3 Å². The van der Waals surface area contributed by atoms with Gasteiger partial charge >= 0.3 is 6.09 Å². The zero-order chi connectivity index (χ0) is 8.81. The molecule has 0 aromatic rings. The van der Waals surface area contributed by atoms with Crippen LogP contribution in [0.2, 0.25) is 0 Å². The average molecular weight is 169 g/mol. The maximum absolute atomic E-state index is 10.9. The molecule has 12 heavy (non-hydrogen) atoms. The molecule has 68 valence electrons. The number of allylic oxidation sites excluding steroid dienone is 1. The number of ether oxygens (including phenoxy) is 1. The van der Waals surface area contributed by atoms with Crippen molar-refractivity contribution in [3.8, 4) is 0 Å². The van der Waals surface area contributed by atoms with Crippen LogP contribution in [-0.4, -0.2) is 30.7 Å². The first-order chi connectivity index (χ1) is 5.84. The second kappa shape index (κ2) is 4.80. The van der Waals surface area contributed by atoms with Gasteiger partial charge in [0.05, 0.1) is 6.54 Å². The highest BCUT2D eigenvalue weighted by Gasteiger charge is 2.20. The number of hydrogen-bond donors (Lipinski definition) is 0. The maximum Gasteiger partial charge on any atom is 0.409 e. The van der Waals surface area contributed by atoms with Crippen molar-refractivity contribution in [3.63, 3.8) is 0 Å². The summed E-state index contributed by atoms with van der Waals surface area (Å²) >= 11 is 0. The van der Waals surface area contributed by atoms with Crippen molar-refractivity contribution in [2.75, 3.05) is 19.7 Å². The summed E-state index contributed by atoms with van der Waals surface area (Å²) in [5.74, 6) is 0. The molecular formula is C9H15NO2. The average Bonchev–Trinajstić information content (AvgIpc) is 2.46. The molecule has 0 bridgehead atoms. The van der Waals surface area contributed by atoms with Gasteiger partial charge in [-0.1, -0.05) is 6.08 Å². The largest absolute Gasteiger partial charge is 0.448 e. The number of hydrogen-bond acceptors (Lipinski definition) is 2. The van der Waals surface area contributed by atoms with Crippen LogP contribution in [0.4, 0.5) is 4.79 Å². The minimum Gasteiger partial charge on any atom is -0.448 e. The summed E-state index contributed by atoms with van der Waals surface area (Å²) < 4.78 is 4.79. The number of carbonyl (C=O) groups is 1. The van der Waals surface area contributed by atoms with Gasteiger partial charge in [-0.2, -0.15) is 0 Å². The van der Waals surface area contributed by atoms with Crippen LogP contribution in [0.25, 0.3) is 0 Å². The van der Waals surface area contributed by atoms with Gasteiger partial charge in [0.1, 0.15) is 6.61 Å². The molecule has 0 saturated carbocycles. The third-order valence-corrected chi connectivity index (χ3v) is 1.93. The first kappa shape index (κ1) is 9.10. The van der Waals surface area contributed by atoms with Gasteiger partial charge in [0.25, 0.3) is 0 Å². The maximum atomic E-state index is 10.9. The van der Waals surface area contributed by atoms with Gasteiger partial charge in [0.15, 0.2) is 0 Å². The Balaban J connectivity index is 2.06. The monoisotopic (exact) mass is 169 g/mol. The van der Waals surface area contributed by atoms with Crippen LogP contribution < -0.4 is 0 Å². The summed E-state index contributed by atoms with van der Waals surface area (Å²) in [6.07, 6.45) is 4.92. The molecule has 1 saturated heterocycles. The molecule has 3 heteroatoms. The second-order valence-electron chi connectivity index (χ2n) is 2.89. The van der Waals surface area contributed by atoms with E-state index >= 15 is 0 Å². The first-order valence-corrected chi connectivity index (χ1v) is 4.37.